The first-order valence-corrected chi connectivity index (χ1v) is 6.70. The first-order valence-electron chi connectivity index (χ1n) is 5.52. The van der Waals surface area contributed by atoms with E-state index in [-0.39, 0.29) is 0 Å². The van der Waals surface area contributed by atoms with E-state index in [1.807, 2.05) is 11.9 Å². The summed E-state index contributed by atoms with van der Waals surface area (Å²) in [4.78, 5) is 0. The Kier molecular flexibility index (Phi) is 3.36. The van der Waals surface area contributed by atoms with Crippen molar-refractivity contribution in [3.05, 3.63) is 17.5 Å². The maximum Gasteiger partial charge on any atom is 0.0622 e. The van der Waals surface area contributed by atoms with E-state index in [1.54, 1.807) is 0 Å². The summed E-state index contributed by atoms with van der Waals surface area (Å²) in [5.74, 6) is 0. The maximum absolute atomic E-state index is 4.58. The third-order valence-corrected chi connectivity index (χ3v) is 4.10. The van der Waals surface area contributed by atoms with Gasteiger partial charge in [-0.15, -0.1) is 0 Å². The van der Waals surface area contributed by atoms with Crippen molar-refractivity contribution >= 4 is 11.9 Å². The molecule has 2 rings (SSSR count). The molecule has 4 heteroatoms. The third kappa shape index (κ3) is 2.37. The van der Waals surface area contributed by atoms with Gasteiger partial charge in [0, 0.05) is 19.3 Å². The van der Waals surface area contributed by atoms with Gasteiger partial charge in [-0.25, -0.2) is 0 Å². The molecule has 0 N–H and O–H groups in total. The fourth-order valence-corrected chi connectivity index (χ4v) is 2.63. The molecule has 0 atom stereocenters. The van der Waals surface area contributed by atoms with Gasteiger partial charge < -0.3 is 0 Å². The van der Waals surface area contributed by atoms with E-state index in [9.17, 15) is 0 Å². The van der Waals surface area contributed by atoms with Crippen LogP contribution in [0.5, 0.6) is 0 Å². The lowest BCUT2D eigenvalue weighted by Gasteiger charge is -2.30. The molecule has 1 aromatic rings. The first-order chi connectivity index (χ1) is 7.20. The van der Waals surface area contributed by atoms with Crippen LogP contribution in [0.15, 0.2) is 6.20 Å². The Balaban J connectivity index is 2.01. The fraction of sp³-hybridized carbons (Fsp3) is 0.727. The second kappa shape index (κ2) is 4.58. The highest BCUT2D eigenvalue weighted by Crippen LogP contribution is 2.25. The summed E-state index contributed by atoms with van der Waals surface area (Å²) in [6.07, 6.45) is 6.79. The SMILES string of the molecule is CSN1CCC(n2cc(C)c(C)n2)CC1. The van der Waals surface area contributed by atoms with Gasteiger partial charge in [0.1, 0.15) is 0 Å². The summed E-state index contributed by atoms with van der Waals surface area (Å²) in [6, 6.07) is 0.612. The highest BCUT2D eigenvalue weighted by molar-refractivity contribution is 7.96. The molecule has 84 valence electrons. The van der Waals surface area contributed by atoms with E-state index in [2.05, 4.69) is 40.4 Å². The molecule has 0 aromatic carbocycles. The highest BCUT2D eigenvalue weighted by Gasteiger charge is 2.20. The van der Waals surface area contributed by atoms with Crippen molar-refractivity contribution in [2.75, 3.05) is 19.3 Å². The number of hydrogen-bond acceptors (Lipinski definition) is 3. The minimum atomic E-state index is 0.612. The van der Waals surface area contributed by atoms with Crippen LogP contribution in [0.2, 0.25) is 0 Å². The van der Waals surface area contributed by atoms with Crippen LogP contribution in [-0.4, -0.2) is 33.4 Å². The minimum Gasteiger partial charge on any atom is -0.269 e. The lowest BCUT2D eigenvalue weighted by atomic mass is 10.1. The van der Waals surface area contributed by atoms with Crippen molar-refractivity contribution in [3.63, 3.8) is 0 Å². The first kappa shape index (κ1) is 11.0. The quantitative estimate of drug-likeness (QED) is 0.721. The predicted molar refractivity (Wildman–Crippen MR) is 65.1 cm³/mol. The van der Waals surface area contributed by atoms with Gasteiger partial charge in [-0.2, -0.15) is 5.10 Å². The van der Waals surface area contributed by atoms with Crippen molar-refractivity contribution < 1.29 is 0 Å². The van der Waals surface area contributed by atoms with Crippen LogP contribution in [0.1, 0.15) is 30.1 Å². The molecule has 0 unspecified atom stereocenters. The normalized spacial score (nSPS) is 19.7. The summed E-state index contributed by atoms with van der Waals surface area (Å²) in [7, 11) is 0. The summed E-state index contributed by atoms with van der Waals surface area (Å²) in [5.41, 5.74) is 2.48. The third-order valence-electron chi connectivity index (χ3n) is 3.22. The number of aryl methyl sites for hydroxylation is 2. The molecule has 1 aliphatic rings. The lowest BCUT2D eigenvalue weighted by molar-refractivity contribution is 0.276. The average Bonchev–Trinajstić information content (AvgIpc) is 2.59. The highest BCUT2D eigenvalue weighted by atomic mass is 32.2. The number of rotatable bonds is 2. The standard InChI is InChI=1S/C11H19N3S/c1-9-8-14(12-10(9)2)11-4-6-13(15-3)7-5-11/h8,11H,4-7H2,1-3H3. The number of aromatic nitrogens is 2. The minimum absolute atomic E-state index is 0.612. The summed E-state index contributed by atoms with van der Waals surface area (Å²) < 4.78 is 4.60. The zero-order valence-corrected chi connectivity index (χ0v) is 10.5. The second-order valence-electron chi connectivity index (χ2n) is 4.22. The summed E-state index contributed by atoms with van der Waals surface area (Å²) in [5, 5.41) is 4.58. The molecule has 0 amide bonds. The van der Waals surface area contributed by atoms with E-state index in [0.717, 1.165) is 0 Å². The largest absolute Gasteiger partial charge is 0.269 e. The van der Waals surface area contributed by atoms with Gasteiger partial charge in [0.05, 0.1) is 11.7 Å². The van der Waals surface area contributed by atoms with Crippen LogP contribution < -0.4 is 0 Å². The molecule has 0 radical (unpaired) electrons. The fourth-order valence-electron chi connectivity index (χ4n) is 2.05. The summed E-state index contributed by atoms with van der Waals surface area (Å²) in [6.45, 7) is 6.59. The zero-order valence-electron chi connectivity index (χ0n) is 9.73. The molecule has 0 bridgehead atoms. The molecular weight excluding hydrogens is 206 g/mol. The Labute approximate surface area is 96.0 Å². The van der Waals surface area contributed by atoms with Gasteiger partial charge in [0.15, 0.2) is 0 Å². The molecule has 0 saturated carbocycles. The van der Waals surface area contributed by atoms with Crippen LogP contribution in [0.4, 0.5) is 0 Å². The monoisotopic (exact) mass is 225 g/mol. The van der Waals surface area contributed by atoms with Crippen LogP contribution in [0, 0.1) is 13.8 Å². The topological polar surface area (TPSA) is 21.1 Å². The molecule has 3 nitrogen and oxygen atoms in total. The molecule has 1 saturated heterocycles. The Hall–Kier alpha value is -0.480. The Morgan fingerprint density at radius 1 is 1.33 bits per heavy atom. The van der Waals surface area contributed by atoms with Crippen LogP contribution >= 0.6 is 11.9 Å². The Bertz CT molecular complexity index is 307. The number of nitrogens with zero attached hydrogens (tertiary/aromatic N) is 3. The Morgan fingerprint density at radius 3 is 2.47 bits per heavy atom. The molecule has 15 heavy (non-hydrogen) atoms. The van der Waals surface area contributed by atoms with Crippen LogP contribution in [-0.2, 0) is 0 Å². The molecule has 1 aromatic heterocycles. The Morgan fingerprint density at radius 2 is 2.00 bits per heavy atom. The molecule has 2 heterocycles. The zero-order chi connectivity index (χ0) is 10.8. The molecule has 0 spiro atoms. The number of piperidine rings is 1. The van der Waals surface area contributed by atoms with Crippen LogP contribution in [0.25, 0.3) is 0 Å². The second-order valence-corrected chi connectivity index (χ2v) is 5.10. The van der Waals surface area contributed by atoms with Gasteiger partial charge >= 0.3 is 0 Å². The molecule has 1 fully saturated rings. The molecule has 1 aliphatic heterocycles. The van der Waals surface area contributed by atoms with E-state index in [0.29, 0.717) is 6.04 Å². The van der Waals surface area contributed by atoms with Crippen molar-refractivity contribution in [2.45, 2.75) is 32.7 Å². The smallest absolute Gasteiger partial charge is 0.0622 e. The molecular formula is C11H19N3S. The van der Waals surface area contributed by atoms with E-state index in [4.69, 9.17) is 0 Å². The van der Waals surface area contributed by atoms with Gasteiger partial charge in [-0.05, 0) is 38.5 Å². The van der Waals surface area contributed by atoms with E-state index >= 15 is 0 Å². The maximum atomic E-state index is 4.58. The van der Waals surface area contributed by atoms with Gasteiger partial charge in [-0.1, -0.05) is 11.9 Å². The van der Waals surface area contributed by atoms with Gasteiger partial charge in [0.25, 0.3) is 0 Å². The predicted octanol–water partition coefficient (Wildman–Crippen LogP) is 2.41. The van der Waals surface area contributed by atoms with Gasteiger partial charge in [-0.3, -0.25) is 8.99 Å². The van der Waals surface area contributed by atoms with Crippen molar-refractivity contribution in [2.24, 2.45) is 0 Å². The van der Waals surface area contributed by atoms with Gasteiger partial charge in [0.2, 0.25) is 0 Å². The lowest BCUT2D eigenvalue weighted by Crippen LogP contribution is -2.29. The van der Waals surface area contributed by atoms with Crippen molar-refractivity contribution in [1.82, 2.24) is 14.1 Å². The van der Waals surface area contributed by atoms with Crippen molar-refractivity contribution in [3.8, 4) is 0 Å². The van der Waals surface area contributed by atoms with E-state index < -0.39 is 0 Å². The molecule has 0 aliphatic carbocycles. The summed E-state index contributed by atoms with van der Waals surface area (Å²) >= 11 is 1.85. The number of hydrogen-bond donors (Lipinski definition) is 0. The average molecular weight is 225 g/mol. The van der Waals surface area contributed by atoms with E-state index in [1.165, 1.54) is 37.2 Å². The van der Waals surface area contributed by atoms with Crippen LogP contribution in [0.3, 0.4) is 0 Å². The van der Waals surface area contributed by atoms with Crippen molar-refractivity contribution in [1.29, 1.82) is 0 Å².